The number of anilines is 1. The number of hydrogen-bond donors (Lipinski definition) is 2. The number of hydrogen-bond acceptors (Lipinski definition) is 4. The summed E-state index contributed by atoms with van der Waals surface area (Å²) in [5.74, 6) is 5.87. The molecular weight excluding hydrogens is 168 g/mol. The Hall–Kier alpha value is -1.55. The Bertz CT molecular complexity index is 323. The molecule has 0 saturated carbocycles. The zero-order valence-corrected chi connectivity index (χ0v) is 7.63. The first-order valence-electron chi connectivity index (χ1n) is 3.84. The van der Waals surface area contributed by atoms with Gasteiger partial charge in [-0.1, -0.05) is 0 Å². The van der Waals surface area contributed by atoms with E-state index in [1.165, 1.54) is 6.92 Å². The average molecular weight is 180 g/mol. The van der Waals surface area contributed by atoms with Crippen LogP contribution < -0.4 is 16.0 Å². The number of benzene rings is 1. The first-order chi connectivity index (χ1) is 6.19. The van der Waals surface area contributed by atoms with Crippen LogP contribution in [-0.2, 0) is 0 Å². The maximum Gasteiger partial charge on any atom is 0.159 e. The van der Waals surface area contributed by atoms with Gasteiger partial charge in [-0.3, -0.25) is 10.6 Å². The molecule has 0 radical (unpaired) electrons. The van der Waals surface area contributed by atoms with Crippen LogP contribution in [0.25, 0.3) is 0 Å². The van der Waals surface area contributed by atoms with E-state index in [9.17, 15) is 4.79 Å². The van der Waals surface area contributed by atoms with Crippen molar-refractivity contribution < 1.29 is 9.53 Å². The molecule has 0 unspecified atom stereocenters. The van der Waals surface area contributed by atoms with Crippen molar-refractivity contribution in [2.24, 2.45) is 5.84 Å². The Morgan fingerprint density at radius 3 is 2.69 bits per heavy atom. The molecule has 0 aliphatic carbocycles. The second-order valence-corrected chi connectivity index (χ2v) is 2.62. The summed E-state index contributed by atoms with van der Waals surface area (Å²) >= 11 is 0. The van der Waals surface area contributed by atoms with Crippen LogP contribution in [0.2, 0.25) is 0 Å². The van der Waals surface area contributed by atoms with E-state index < -0.39 is 0 Å². The Morgan fingerprint density at radius 1 is 1.54 bits per heavy atom. The fraction of sp³-hybridized carbons (Fsp3) is 0.222. The van der Waals surface area contributed by atoms with Crippen molar-refractivity contribution in [3.8, 4) is 5.75 Å². The number of carbonyl (C=O) groups is 1. The largest absolute Gasteiger partial charge is 0.495 e. The number of Topliss-reactive ketones (excluding diaryl/α,β-unsaturated/α-hetero) is 1. The first kappa shape index (κ1) is 9.54. The SMILES string of the molecule is COc1ccc(C(C)=O)cc1NN. The molecule has 0 spiro atoms. The Kier molecular flexibility index (Phi) is 2.87. The summed E-state index contributed by atoms with van der Waals surface area (Å²) in [4.78, 5) is 11.0. The van der Waals surface area contributed by atoms with Crippen LogP contribution in [0.1, 0.15) is 17.3 Å². The molecular formula is C9H12N2O2. The third-order valence-electron chi connectivity index (χ3n) is 1.76. The highest BCUT2D eigenvalue weighted by Crippen LogP contribution is 2.24. The number of carbonyl (C=O) groups excluding carboxylic acids is 1. The molecule has 13 heavy (non-hydrogen) atoms. The maximum atomic E-state index is 11.0. The summed E-state index contributed by atoms with van der Waals surface area (Å²) in [7, 11) is 1.55. The van der Waals surface area contributed by atoms with Gasteiger partial charge in [0.15, 0.2) is 5.78 Å². The van der Waals surface area contributed by atoms with Crippen LogP contribution in [-0.4, -0.2) is 12.9 Å². The molecule has 1 aromatic carbocycles. The van der Waals surface area contributed by atoms with Crippen LogP contribution in [0.3, 0.4) is 0 Å². The molecule has 0 fully saturated rings. The van der Waals surface area contributed by atoms with Crippen LogP contribution in [0.5, 0.6) is 5.75 Å². The molecule has 0 saturated heterocycles. The number of ether oxygens (including phenoxy) is 1. The molecule has 0 bridgehead atoms. The van der Waals surface area contributed by atoms with Gasteiger partial charge in [0.2, 0.25) is 0 Å². The normalized spacial score (nSPS) is 9.46. The zero-order chi connectivity index (χ0) is 9.84. The Morgan fingerprint density at radius 2 is 2.23 bits per heavy atom. The standard InChI is InChI=1S/C9H12N2O2/c1-6(12)7-3-4-9(13-2)8(5-7)11-10/h3-5,11H,10H2,1-2H3. The van der Waals surface area contributed by atoms with Gasteiger partial charge in [0, 0.05) is 5.56 Å². The summed E-state index contributed by atoms with van der Waals surface area (Å²) in [6.45, 7) is 1.50. The molecule has 3 N–H and O–H groups in total. The third kappa shape index (κ3) is 1.97. The number of hydrazine groups is 1. The van der Waals surface area contributed by atoms with Gasteiger partial charge in [-0.15, -0.1) is 0 Å². The lowest BCUT2D eigenvalue weighted by Gasteiger charge is -2.08. The fourth-order valence-electron chi connectivity index (χ4n) is 1.04. The number of nitrogen functional groups attached to an aromatic ring is 1. The quantitative estimate of drug-likeness (QED) is 0.416. The van der Waals surface area contributed by atoms with Gasteiger partial charge >= 0.3 is 0 Å². The molecule has 0 aliphatic rings. The van der Waals surface area contributed by atoms with Crippen LogP contribution >= 0.6 is 0 Å². The zero-order valence-electron chi connectivity index (χ0n) is 7.63. The molecule has 4 heteroatoms. The highest BCUT2D eigenvalue weighted by Gasteiger charge is 2.05. The minimum Gasteiger partial charge on any atom is -0.495 e. The van der Waals surface area contributed by atoms with E-state index in [-0.39, 0.29) is 5.78 Å². The minimum atomic E-state index is -0.000784. The van der Waals surface area contributed by atoms with E-state index in [0.29, 0.717) is 17.0 Å². The number of ketones is 1. The van der Waals surface area contributed by atoms with Crippen molar-refractivity contribution in [2.45, 2.75) is 6.92 Å². The van der Waals surface area contributed by atoms with Gasteiger partial charge in [0.1, 0.15) is 5.75 Å². The number of nitrogens with one attached hydrogen (secondary N) is 1. The second kappa shape index (κ2) is 3.91. The van der Waals surface area contributed by atoms with Crippen molar-refractivity contribution in [1.82, 2.24) is 0 Å². The summed E-state index contributed by atoms with van der Waals surface area (Å²) in [5.41, 5.74) is 3.68. The predicted octanol–water partition coefficient (Wildman–Crippen LogP) is 1.18. The smallest absolute Gasteiger partial charge is 0.159 e. The van der Waals surface area contributed by atoms with Gasteiger partial charge < -0.3 is 10.2 Å². The van der Waals surface area contributed by atoms with Crippen molar-refractivity contribution in [2.75, 3.05) is 12.5 Å². The molecule has 1 aromatic rings. The molecule has 4 nitrogen and oxygen atoms in total. The van der Waals surface area contributed by atoms with Gasteiger partial charge in [-0.2, -0.15) is 0 Å². The monoisotopic (exact) mass is 180 g/mol. The summed E-state index contributed by atoms with van der Waals surface area (Å²) in [6, 6.07) is 5.05. The second-order valence-electron chi connectivity index (χ2n) is 2.62. The lowest BCUT2D eigenvalue weighted by molar-refractivity contribution is 0.101. The summed E-state index contributed by atoms with van der Waals surface area (Å²) in [6.07, 6.45) is 0. The number of nitrogens with two attached hydrogens (primary N) is 1. The van der Waals surface area contributed by atoms with E-state index in [1.54, 1.807) is 25.3 Å². The van der Waals surface area contributed by atoms with Gasteiger partial charge in [0.25, 0.3) is 0 Å². The fourth-order valence-corrected chi connectivity index (χ4v) is 1.04. The van der Waals surface area contributed by atoms with Crippen LogP contribution in [0.4, 0.5) is 5.69 Å². The van der Waals surface area contributed by atoms with Crippen molar-refractivity contribution in [3.05, 3.63) is 23.8 Å². The lowest BCUT2D eigenvalue weighted by atomic mass is 10.1. The van der Waals surface area contributed by atoms with Crippen molar-refractivity contribution in [3.63, 3.8) is 0 Å². The Labute approximate surface area is 76.7 Å². The number of rotatable bonds is 3. The van der Waals surface area contributed by atoms with Gasteiger partial charge in [0.05, 0.1) is 12.8 Å². The maximum absolute atomic E-state index is 11.0. The van der Waals surface area contributed by atoms with E-state index in [1.807, 2.05) is 0 Å². The van der Waals surface area contributed by atoms with Crippen LogP contribution in [0, 0.1) is 0 Å². The Balaban J connectivity index is 3.13. The summed E-state index contributed by atoms with van der Waals surface area (Å²) in [5, 5.41) is 0. The molecule has 70 valence electrons. The van der Waals surface area contributed by atoms with Crippen molar-refractivity contribution >= 4 is 11.5 Å². The summed E-state index contributed by atoms with van der Waals surface area (Å²) < 4.78 is 5.02. The molecule has 0 amide bonds. The first-order valence-corrected chi connectivity index (χ1v) is 3.84. The van der Waals surface area contributed by atoms with E-state index in [2.05, 4.69) is 5.43 Å². The van der Waals surface area contributed by atoms with E-state index >= 15 is 0 Å². The minimum absolute atomic E-state index is 0.000784. The average Bonchev–Trinajstić information content (AvgIpc) is 2.16. The number of methoxy groups -OCH3 is 1. The predicted molar refractivity (Wildman–Crippen MR) is 50.8 cm³/mol. The van der Waals surface area contributed by atoms with E-state index in [0.717, 1.165) is 0 Å². The lowest BCUT2D eigenvalue weighted by Crippen LogP contribution is -2.09. The van der Waals surface area contributed by atoms with E-state index in [4.69, 9.17) is 10.6 Å². The highest BCUT2D eigenvalue weighted by molar-refractivity contribution is 5.95. The molecule has 0 aliphatic heterocycles. The molecule has 1 rings (SSSR count). The van der Waals surface area contributed by atoms with Gasteiger partial charge in [-0.25, -0.2) is 0 Å². The highest BCUT2D eigenvalue weighted by atomic mass is 16.5. The molecule has 0 heterocycles. The molecule has 0 aromatic heterocycles. The third-order valence-corrected chi connectivity index (χ3v) is 1.76. The van der Waals surface area contributed by atoms with Crippen molar-refractivity contribution in [1.29, 1.82) is 0 Å². The topological polar surface area (TPSA) is 64.3 Å². The van der Waals surface area contributed by atoms with Gasteiger partial charge in [-0.05, 0) is 25.1 Å². The van der Waals surface area contributed by atoms with Crippen LogP contribution in [0.15, 0.2) is 18.2 Å². The molecule has 0 atom stereocenters.